The van der Waals surface area contributed by atoms with Crippen LogP contribution in [-0.2, 0) is 0 Å². The first-order valence-electron chi connectivity index (χ1n) is 5.94. The highest BCUT2D eigenvalue weighted by Gasteiger charge is 2.26. The molecule has 0 spiro atoms. The average molecular weight is 284 g/mol. The monoisotopic (exact) mass is 284 g/mol. The highest BCUT2D eigenvalue weighted by molar-refractivity contribution is 7.19. The Kier molecular flexibility index (Phi) is 4.77. The van der Waals surface area contributed by atoms with Gasteiger partial charge in [0.15, 0.2) is 0 Å². The fraction of sp³-hybridized carbons (Fsp3) is 0.500. The number of rotatable bonds is 5. The summed E-state index contributed by atoms with van der Waals surface area (Å²) in [6.45, 7) is 4.90. The lowest BCUT2D eigenvalue weighted by Gasteiger charge is -2.21. The molecule has 1 aromatic heterocycles. The van der Waals surface area contributed by atoms with E-state index in [0.29, 0.717) is 16.5 Å². The summed E-state index contributed by atoms with van der Waals surface area (Å²) < 4.78 is 0. The van der Waals surface area contributed by atoms with Gasteiger partial charge in [0.1, 0.15) is 9.88 Å². The predicted molar refractivity (Wildman–Crippen MR) is 78.7 cm³/mol. The molecular formula is C12H20N4O2S. The maximum absolute atomic E-state index is 11.9. The Morgan fingerprint density at radius 3 is 2.42 bits per heavy atom. The second kappa shape index (κ2) is 5.92. The number of nitrogens with zero attached hydrogens (tertiary/aromatic N) is 1. The van der Waals surface area contributed by atoms with Crippen LogP contribution in [0.1, 0.15) is 33.9 Å². The Balaban J connectivity index is 3.32. The minimum Gasteiger partial charge on any atom is -0.397 e. The van der Waals surface area contributed by atoms with Crippen LogP contribution in [0.3, 0.4) is 0 Å². The molecule has 0 radical (unpaired) electrons. The average Bonchev–Trinajstić information content (AvgIpc) is 2.65. The molecule has 0 aliphatic carbocycles. The fourth-order valence-electron chi connectivity index (χ4n) is 1.86. The Bertz CT molecular complexity index is 496. The van der Waals surface area contributed by atoms with Crippen LogP contribution in [0.2, 0.25) is 0 Å². The molecule has 0 atom stereocenters. The number of primary amides is 1. The summed E-state index contributed by atoms with van der Waals surface area (Å²) in [6.07, 6.45) is 0. The first-order chi connectivity index (χ1) is 8.79. The molecule has 1 aromatic rings. The van der Waals surface area contributed by atoms with E-state index >= 15 is 0 Å². The highest BCUT2D eigenvalue weighted by Crippen LogP contribution is 2.37. The van der Waals surface area contributed by atoms with Crippen LogP contribution in [-0.4, -0.2) is 32.5 Å². The van der Waals surface area contributed by atoms with E-state index in [0.717, 1.165) is 17.9 Å². The van der Waals surface area contributed by atoms with Crippen LogP contribution < -0.4 is 21.7 Å². The molecule has 19 heavy (non-hydrogen) atoms. The Morgan fingerprint density at radius 2 is 2.00 bits per heavy atom. The van der Waals surface area contributed by atoms with Crippen LogP contribution in [0.4, 0.5) is 10.7 Å². The smallest absolute Gasteiger partial charge is 0.260 e. The minimum absolute atomic E-state index is 0.155. The molecule has 0 unspecified atom stereocenters. The molecule has 0 aliphatic rings. The normalized spacial score (nSPS) is 10.6. The van der Waals surface area contributed by atoms with E-state index in [9.17, 15) is 9.59 Å². The van der Waals surface area contributed by atoms with Gasteiger partial charge in [-0.15, -0.1) is 11.3 Å². The van der Waals surface area contributed by atoms with Gasteiger partial charge in [-0.2, -0.15) is 0 Å². The van der Waals surface area contributed by atoms with Crippen LogP contribution in [0.5, 0.6) is 0 Å². The molecular weight excluding hydrogens is 264 g/mol. The van der Waals surface area contributed by atoms with Crippen molar-refractivity contribution in [3.63, 3.8) is 0 Å². The number of carbonyl (C=O) groups excluding carboxylic acids is 2. The van der Waals surface area contributed by atoms with Gasteiger partial charge in [0, 0.05) is 20.6 Å². The van der Waals surface area contributed by atoms with Gasteiger partial charge in [0.05, 0.1) is 11.3 Å². The Labute approximate surface area is 116 Å². The van der Waals surface area contributed by atoms with Crippen molar-refractivity contribution >= 4 is 33.8 Å². The quantitative estimate of drug-likeness (QED) is 0.747. The molecule has 2 amide bonds. The molecule has 0 bridgehead atoms. The molecule has 0 saturated heterocycles. The maximum Gasteiger partial charge on any atom is 0.260 e. The lowest BCUT2D eigenvalue weighted by atomic mass is 10.2. The van der Waals surface area contributed by atoms with E-state index in [4.69, 9.17) is 11.5 Å². The number of hydrogen-bond acceptors (Lipinski definition) is 5. The molecule has 0 saturated carbocycles. The third kappa shape index (κ3) is 3.17. The number of nitrogens with one attached hydrogen (secondary N) is 1. The first kappa shape index (κ1) is 15.3. The molecule has 7 heteroatoms. The van der Waals surface area contributed by atoms with Crippen LogP contribution in [0.15, 0.2) is 0 Å². The van der Waals surface area contributed by atoms with Crippen molar-refractivity contribution in [3.8, 4) is 0 Å². The lowest BCUT2D eigenvalue weighted by molar-refractivity contribution is 0.0964. The summed E-state index contributed by atoms with van der Waals surface area (Å²) in [5.74, 6) is -0.508. The van der Waals surface area contributed by atoms with E-state index in [-0.39, 0.29) is 16.5 Å². The largest absolute Gasteiger partial charge is 0.397 e. The summed E-state index contributed by atoms with van der Waals surface area (Å²) in [4.78, 5) is 25.4. The highest BCUT2D eigenvalue weighted by atomic mass is 32.1. The Hall–Kier alpha value is -1.76. The topological polar surface area (TPSA) is 101 Å². The number of carbonyl (C=O) groups is 2. The minimum atomic E-state index is -0.614. The standard InChI is InChI=1S/C12H20N4O2S/c1-6(2)5-16(4)12-7(11(18)15-3)8(13)9(19-12)10(14)17/h6H,5,13H2,1-4H3,(H2,14,17)(H,15,18). The van der Waals surface area contributed by atoms with E-state index in [2.05, 4.69) is 19.2 Å². The second-order valence-electron chi connectivity index (χ2n) is 4.74. The second-order valence-corrected chi connectivity index (χ2v) is 5.74. The molecule has 5 N–H and O–H groups in total. The Morgan fingerprint density at radius 1 is 1.42 bits per heavy atom. The van der Waals surface area contributed by atoms with E-state index in [1.165, 1.54) is 7.05 Å². The van der Waals surface area contributed by atoms with Crippen molar-refractivity contribution < 1.29 is 9.59 Å². The number of thiophene rings is 1. The van der Waals surface area contributed by atoms with Gasteiger partial charge in [0.2, 0.25) is 0 Å². The number of anilines is 2. The van der Waals surface area contributed by atoms with Crippen LogP contribution in [0, 0.1) is 5.92 Å². The van der Waals surface area contributed by atoms with Gasteiger partial charge < -0.3 is 21.7 Å². The number of nitrogen functional groups attached to an aromatic ring is 1. The van der Waals surface area contributed by atoms with Gasteiger partial charge >= 0.3 is 0 Å². The van der Waals surface area contributed by atoms with Crippen LogP contribution >= 0.6 is 11.3 Å². The fourth-order valence-corrected chi connectivity index (χ4v) is 2.90. The van der Waals surface area contributed by atoms with Crippen molar-refractivity contribution in [3.05, 3.63) is 10.4 Å². The lowest BCUT2D eigenvalue weighted by Crippen LogP contribution is -2.26. The molecule has 0 aromatic carbocycles. The third-order valence-electron chi connectivity index (χ3n) is 2.59. The molecule has 1 heterocycles. The van der Waals surface area contributed by atoms with Crippen molar-refractivity contribution in [1.82, 2.24) is 5.32 Å². The molecule has 0 fully saturated rings. The summed E-state index contributed by atoms with van der Waals surface area (Å²) >= 11 is 1.15. The zero-order valence-corrected chi connectivity index (χ0v) is 12.4. The van der Waals surface area contributed by atoms with Crippen molar-refractivity contribution in [2.45, 2.75) is 13.8 Å². The first-order valence-corrected chi connectivity index (χ1v) is 6.76. The number of nitrogens with two attached hydrogens (primary N) is 2. The van der Waals surface area contributed by atoms with E-state index in [1.54, 1.807) is 0 Å². The molecule has 0 aliphatic heterocycles. The van der Waals surface area contributed by atoms with Gasteiger partial charge in [-0.25, -0.2) is 0 Å². The molecule has 106 valence electrons. The maximum atomic E-state index is 11.9. The van der Waals surface area contributed by atoms with Gasteiger partial charge in [-0.1, -0.05) is 13.8 Å². The predicted octanol–water partition coefficient (Wildman–Crippen LogP) is 0.881. The zero-order valence-electron chi connectivity index (χ0n) is 11.6. The van der Waals surface area contributed by atoms with Gasteiger partial charge in [-0.05, 0) is 5.92 Å². The number of amides is 2. The van der Waals surface area contributed by atoms with E-state index < -0.39 is 5.91 Å². The van der Waals surface area contributed by atoms with Crippen molar-refractivity contribution in [1.29, 1.82) is 0 Å². The van der Waals surface area contributed by atoms with Crippen molar-refractivity contribution in [2.75, 3.05) is 31.3 Å². The van der Waals surface area contributed by atoms with Gasteiger partial charge in [0.25, 0.3) is 11.8 Å². The summed E-state index contributed by atoms with van der Waals surface area (Å²) in [5.41, 5.74) is 11.6. The van der Waals surface area contributed by atoms with E-state index in [1.807, 2.05) is 11.9 Å². The van der Waals surface area contributed by atoms with Gasteiger partial charge in [-0.3, -0.25) is 9.59 Å². The summed E-state index contributed by atoms with van der Waals surface area (Å²) in [5, 5.41) is 3.20. The molecule has 1 rings (SSSR count). The molecule has 6 nitrogen and oxygen atoms in total. The zero-order chi connectivity index (χ0) is 14.7. The summed E-state index contributed by atoms with van der Waals surface area (Å²) in [6, 6.07) is 0. The third-order valence-corrected chi connectivity index (χ3v) is 3.92. The number of hydrogen-bond donors (Lipinski definition) is 3. The van der Waals surface area contributed by atoms with Crippen molar-refractivity contribution in [2.24, 2.45) is 11.7 Å². The SMILES string of the molecule is CNC(=O)c1c(N(C)CC(C)C)sc(C(N)=O)c1N. The summed E-state index contributed by atoms with van der Waals surface area (Å²) in [7, 11) is 3.39. The van der Waals surface area contributed by atoms with Crippen LogP contribution in [0.25, 0.3) is 0 Å².